The number of hydrogen-bond acceptors (Lipinski definition) is 4. The number of carboxylic acid groups (broad SMARTS) is 1. The first kappa shape index (κ1) is 14.0. The SMILES string of the molecule is CCN(CCNCc1c(C(=O)O)cnn1C)C1CC1. The number of carboxylic acids is 1. The summed E-state index contributed by atoms with van der Waals surface area (Å²) >= 11 is 0. The van der Waals surface area contributed by atoms with Crippen LogP contribution in [0.4, 0.5) is 0 Å². The van der Waals surface area contributed by atoms with Crippen molar-refractivity contribution in [3.63, 3.8) is 0 Å². The third-order valence-corrected chi connectivity index (χ3v) is 3.63. The molecule has 1 aliphatic carbocycles. The third-order valence-electron chi connectivity index (χ3n) is 3.63. The second-order valence-electron chi connectivity index (χ2n) is 4.97. The Bertz CT molecular complexity index is 440. The first-order valence-electron chi connectivity index (χ1n) is 6.82. The van der Waals surface area contributed by atoms with E-state index in [4.69, 9.17) is 5.11 Å². The molecule has 1 aliphatic rings. The molecule has 0 radical (unpaired) electrons. The van der Waals surface area contributed by atoms with Gasteiger partial charge in [0.2, 0.25) is 0 Å². The van der Waals surface area contributed by atoms with Gasteiger partial charge in [0, 0.05) is 32.7 Å². The monoisotopic (exact) mass is 266 g/mol. The zero-order chi connectivity index (χ0) is 13.8. The van der Waals surface area contributed by atoms with Crippen LogP contribution in [0.15, 0.2) is 6.20 Å². The Morgan fingerprint density at radius 2 is 2.37 bits per heavy atom. The van der Waals surface area contributed by atoms with Gasteiger partial charge in [-0.25, -0.2) is 4.79 Å². The van der Waals surface area contributed by atoms with Gasteiger partial charge in [-0.2, -0.15) is 5.10 Å². The average molecular weight is 266 g/mol. The molecule has 0 atom stereocenters. The van der Waals surface area contributed by atoms with E-state index < -0.39 is 5.97 Å². The van der Waals surface area contributed by atoms with Gasteiger partial charge in [0.15, 0.2) is 0 Å². The first-order chi connectivity index (χ1) is 9.13. The van der Waals surface area contributed by atoms with Crippen molar-refractivity contribution < 1.29 is 9.90 Å². The fourth-order valence-corrected chi connectivity index (χ4v) is 2.32. The normalized spacial score (nSPS) is 15.1. The fraction of sp³-hybridized carbons (Fsp3) is 0.692. The molecule has 0 unspecified atom stereocenters. The second kappa shape index (κ2) is 6.16. The smallest absolute Gasteiger partial charge is 0.339 e. The van der Waals surface area contributed by atoms with Gasteiger partial charge in [-0.3, -0.25) is 9.58 Å². The molecule has 2 rings (SSSR count). The zero-order valence-corrected chi connectivity index (χ0v) is 11.6. The lowest BCUT2D eigenvalue weighted by Gasteiger charge is -2.19. The van der Waals surface area contributed by atoms with Crippen LogP contribution >= 0.6 is 0 Å². The number of carbonyl (C=O) groups is 1. The van der Waals surface area contributed by atoms with Gasteiger partial charge < -0.3 is 10.4 Å². The molecular formula is C13H22N4O2. The highest BCUT2D eigenvalue weighted by molar-refractivity contribution is 5.88. The van der Waals surface area contributed by atoms with Gasteiger partial charge in [-0.05, 0) is 19.4 Å². The summed E-state index contributed by atoms with van der Waals surface area (Å²) in [5.74, 6) is -0.918. The molecule has 1 saturated carbocycles. The minimum atomic E-state index is -0.918. The molecule has 1 heterocycles. The molecule has 1 aromatic heterocycles. The van der Waals surface area contributed by atoms with E-state index in [1.165, 1.54) is 19.0 Å². The Hall–Kier alpha value is -1.40. The van der Waals surface area contributed by atoms with Gasteiger partial charge in [0.25, 0.3) is 0 Å². The van der Waals surface area contributed by atoms with E-state index in [-0.39, 0.29) is 5.56 Å². The van der Waals surface area contributed by atoms with Gasteiger partial charge >= 0.3 is 5.97 Å². The summed E-state index contributed by atoms with van der Waals surface area (Å²) < 4.78 is 1.62. The topological polar surface area (TPSA) is 70.4 Å². The Labute approximate surface area is 113 Å². The molecule has 19 heavy (non-hydrogen) atoms. The van der Waals surface area contributed by atoms with Crippen LogP contribution in [0.3, 0.4) is 0 Å². The van der Waals surface area contributed by atoms with E-state index in [2.05, 4.69) is 22.2 Å². The lowest BCUT2D eigenvalue weighted by atomic mass is 10.2. The van der Waals surface area contributed by atoms with Crippen LogP contribution in [0.1, 0.15) is 35.8 Å². The Morgan fingerprint density at radius 1 is 1.63 bits per heavy atom. The summed E-state index contributed by atoms with van der Waals surface area (Å²) in [5.41, 5.74) is 1.01. The summed E-state index contributed by atoms with van der Waals surface area (Å²) in [5, 5.41) is 16.4. The predicted molar refractivity (Wildman–Crippen MR) is 72.1 cm³/mol. The van der Waals surface area contributed by atoms with Crippen LogP contribution in [0.2, 0.25) is 0 Å². The van der Waals surface area contributed by atoms with Crippen molar-refractivity contribution in [1.29, 1.82) is 0 Å². The first-order valence-corrected chi connectivity index (χ1v) is 6.82. The molecule has 0 spiro atoms. The van der Waals surface area contributed by atoms with E-state index in [1.807, 2.05) is 0 Å². The highest BCUT2D eigenvalue weighted by atomic mass is 16.4. The van der Waals surface area contributed by atoms with Crippen molar-refractivity contribution in [2.45, 2.75) is 32.4 Å². The van der Waals surface area contributed by atoms with Gasteiger partial charge in [0.1, 0.15) is 5.56 Å². The van der Waals surface area contributed by atoms with Crippen molar-refractivity contribution >= 4 is 5.97 Å². The van der Waals surface area contributed by atoms with E-state index in [1.54, 1.807) is 11.7 Å². The van der Waals surface area contributed by atoms with Crippen molar-refractivity contribution in [2.24, 2.45) is 7.05 Å². The molecule has 0 amide bonds. The Morgan fingerprint density at radius 3 is 2.95 bits per heavy atom. The summed E-state index contributed by atoms with van der Waals surface area (Å²) in [6, 6.07) is 0.776. The molecular weight excluding hydrogens is 244 g/mol. The lowest BCUT2D eigenvalue weighted by molar-refractivity contribution is 0.0695. The van der Waals surface area contributed by atoms with E-state index in [0.29, 0.717) is 6.54 Å². The lowest BCUT2D eigenvalue weighted by Crippen LogP contribution is -2.33. The molecule has 0 saturated heterocycles. The fourth-order valence-electron chi connectivity index (χ4n) is 2.32. The molecule has 1 fully saturated rings. The van der Waals surface area contributed by atoms with Crippen molar-refractivity contribution in [1.82, 2.24) is 20.0 Å². The quantitative estimate of drug-likeness (QED) is 0.678. The molecule has 0 aromatic carbocycles. The summed E-state index contributed by atoms with van der Waals surface area (Å²) in [6.45, 7) is 5.69. The summed E-state index contributed by atoms with van der Waals surface area (Å²) in [6.07, 6.45) is 4.04. The maximum absolute atomic E-state index is 11.0. The number of aryl methyl sites for hydroxylation is 1. The number of likely N-dealkylation sites (N-methyl/N-ethyl adjacent to an activating group) is 1. The predicted octanol–water partition coefficient (Wildman–Crippen LogP) is 0.692. The van der Waals surface area contributed by atoms with Crippen molar-refractivity contribution in [3.05, 3.63) is 17.5 Å². The minimum Gasteiger partial charge on any atom is -0.478 e. The number of nitrogens with one attached hydrogen (secondary N) is 1. The van der Waals surface area contributed by atoms with E-state index in [9.17, 15) is 4.79 Å². The largest absolute Gasteiger partial charge is 0.478 e. The molecule has 0 aliphatic heterocycles. The van der Waals surface area contributed by atoms with Crippen LogP contribution in [0.25, 0.3) is 0 Å². The highest BCUT2D eigenvalue weighted by Crippen LogP contribution is 2.25. The number of aromatic nitrogens is 2. The number of rotatable bonds is 8. The number of aromatic carboxylic acids is 1. The molecule has 1 aromatic rings. The average Bonchev–Trinajstić information content (AvgIpc) is 3.14. The van der Waals surface area contributed by atoms with Crippen molar-refractivity contribution in [2.75, 3.05) is 19.6 Å². The van der Waals surface area contributed by atoms with E-state index in [0.717, 1.165) is 31.4 Å². The molecule has 6 nitrogen and oxygen atoms in total. The van der Waals surface area contributed by atoms with E-state index >= 15 is 0 Å². The number of hydrogen-bond donors (Lipinski definition) is 2. The molecule has 2 N–H and O–H groups in total. The standard InChI is InChI=1S/C13H22N4O2/c1-3-17(10-4-5-10)7-6-14-9-12-11(13(18)19)8-15-16(12)2/h8,10,14H,3-7,9H2,1-2H3,(H,18,19). The van der Waals surface area contributed by atoms with Gasteiger partial charge in [0.05, 0.1) is 11.9 Å². The van der Waals surface area contributed by atoms with Crippen LogP contribution in [-0.2, 0) is 13.6 Å². The van der Waals surface area contributed by atoms with Crippen molar-refractivity contribution in [3.8, 4) is 0 Å². The summed E-state index contributed by atoms with van der Waals surface area (Å²) in [7, 11) is 1.77. The number of nitrogens with zero attached hydrogens (tertiary/aromatic N) is 3. The molecule has 0 bridgehead atoms. The Balaban J connectivity index is 1.79. The maximum atomic E-state index is 11.0. The molecule has 106 valence electrons. The van der Waals surface area contributed by atoms with Crippen LogP contribution in [0, 0.1) is 0 Å². The van der Waals surface area contributed by atoms with Gasteiger partial charge in [-0.1, -0.05) is 6.92 Å². The minimum absolute atomic E-state index is 0.282. The van der Waals surface area contributed by atoms with Crippen LogP contribution in [-0.4, -0.2) is 51.4 Å². The highest BCUT2D eigenvalue weighted by Gasteiger charge is 2.27. The van der Waals surface area contributed by atoms with Crippen LogP contribution in [0.5, 0.6) is 0 Å². The zero-order valence-electron chi connectivity index (χ0n) is 11.6. The summed E-state index contributed by atoms with van der Waals surface area (Å²) in [4.78, 5) is 13.5. The third kappa shape index (κ3) is 3.54. The Kier molecular flexibility index (Phi) is 4.55. The van der Waals surface area contributed by atoms with Gasteiger partial charge in [-0.15, -0.1) is 0 Å². The second-order valence-corrected chi connectivity index (χ2v) is 4.97. The van der Waals surface area contributed by atoms with Crippen LogP contribution < -0.4 is 5.32 Å². The molecule has 6 heteroatoms. The maximum Gasteiger partial charge on any atom is 0.339 e.